The summed E-state index contributed by atoms with van der Waals surface area (Å²) in [5.74, 6) is -0.370. The molecule has 5 heteroatoms. The normalized spacial score (nSPS) is 11.3. The van der Waals surface area contributed by atoms with Gasteiger partial charge in [0.1, 0.15) is 5.56 Å². The number of aromatic amines is 1. The van der Waals surface area contributed by atoms with Crippen molar-refractivity contribution in [3.05, 3.63) is 33.7 Å². The average Bonchev–Trinajstić information content (AvgIpc) is 2.36. The van der Waals surface area contributed by atoms with Gasteiger partial charge in [-0.25, -0.2) is 0 Å². The van der Waals surface area contributed by atoms with Crippen molar-refractivity contribution in [3.63, 3.8) is 0 Å². The summed E-state index contributed by atoms with van der Waals surface area (Å²) in [6.07, 6.45) is 2.91. The number of rotatable bonds is 5. The van der Waals surface area contributed by atoms with E-state index in [4.69, 9.17) is 5.73 Å². The third-order valence-corrected chi connectivity index (χ3v) is 3.42. The molecule has 0 aliphatic rings. The van der Waals surface area contributed by atoms with E-state index in [1.165, 1.54) is 12.3 Å². The zero-order valence-electron chi connectivity index (χ0n) is 11.2. The molecule has 0 bridgehead atoms. The van der Waals surface area contributed by atoms with E-state index in [1.807, 2.05) is 13.8 Å². The fourth-order valence-corrected chi connectivity index (χ4v) is 1.83. The first-order chi connectivity index (χ1) is 8.48. The average molecular weight is 251 g/mol. The van der Waals surface area contributed by atoms with E-state index in [9.17, 15) is 9.59 Å². The number of aryl methyl sites for hydroxylation is 1. The first kappa shape index (κ1) is 14.4. The zero-order chi connectivity index (χ0) is 13.8. The second-order valence-electron chi connectivity index (χ2n) is 4.54. The summed E-state index contributed by atoms with van der Waals surface area (Å²) in [5, 5.41) is 2.87. The van der Waals surface area contributed by atoms with Crippen molar-refractivity contribution < 1.29 is 4.79 Å². The van der Waals surface area contributed by atoms with E-state index in [0.717, 1.165) is 18.5 Å². The van der Waals surface area contributed by atoms with Crippen molar-refractivity contribution in [2.45, 2.75) is 39.2 Å². The summed E-state index contributed by atoms with van der Waals surface area (Å²) in [6, 6.07) is 1.41. The molecule has 0 unspecified atom stereocenters. The van der Waals surface area contributed by atoms with Gasteiger partial charge in [0.25, 0.3) is 5.91 Å². The number of pyridine rings is 1. The maximum absolute atomic E-state index is 12.1. The summed E-state index contributed by atoms with van der Waals surface area (Å²) in [7, 11) is 0. The summed E-state index contributed by atoms with van der Waals surface area (Å²) >= 11 is 0. The monoisotopic (exact) mass is 251 g/mol. The predicted octanol–water partition coefficient (Wildman–Crippen LogP) is 0.931. The fourth-order valence-electron chi connectivity index (χ4n) is 1.83. The fraction of sp³-hybridized carbons (Fsp3) is 0.538. The highest BCUT2D eigenvalue weighted by Gasteiger charge is 2.27. The standard InChI is InChI=1S/C13H21N3O2/c1-4-13(5-2,8-14)16-12(18)10-7-15-9(3)6-11(10)17/h6-7H,4-5,8,14H2,1-3H3,(H,15,17)(H,16,18). The lowest BCUT2D eigenvalue weighted by Gasteiger charge is -2.31. The number of nitrogens with two attached hydrogens (primary N) is 1. The number of nitrogens with one attached hydrogen (secondary N) is 2. The van der Waals surface area contributed by atoms with Crippen LogP contribution in [0.5, 0.6) is 0 Å². The Labute approximate surface area is 107 Å². The molecular weight excluding hydrogens is 230 g/mol. The van der Waals surface area contributed by atoms with E-state index in [2.05, 4.69) is 10.3 Å². The van der Waals surface area contributed by atoms with E-state index < -0.39 is 5.54 Å². The topological polar surface area (TPSA) is 88.0 Å². The number of carbonyl (C=O) groups excluding carboxylic acids is 1. The van der Waals surface area contributed by atoms with Gasteiger partial charge in [0.2, 0.25) is 0 Å². The van der Waals surface area contributed by atoms with Crippen LogP contribution >= 0.6 is 0 Å². The molecule has 18 heavy (non-hydrogen) atoms. The van der Waals surface area contributed by atoms with Crippen molar-refractivity contribution in [1.29, 1.82) is 0 Å². The van der Waals surface area contributed by atoms with Gasteiger partial charge in [-0.05, 0) is 19.8 Å². The second kappa shape index (κ2) is 5.82. The maximum Gasteiger partial charge on any atom is 0.257 e. The highest BCUT2D eigenvalue weighted by Crippen LogP contribution is 2.13. The van der Waals surface area contributed by atoms with Crippen molar-refractivity contribution in [1.82, 2.24) is 10.3 Å². The summed E-state index contributed by atoms with van der Waals surface area (Å²) in [5.41, 5.74) is 5.86. The van der Waals surface area contributed by atoms with Gasteiger partial charge in [0.15, 0.2) is 5.43 Å². The first-order valence-electron chi connectivity index (χ1n) is 6.20. The molecule has 0 aliphatic carbocycles. The van der Waals surface area contributed by atoms with Crippen molar-refractivity contribution >= 4 is 5.91 Å². The van der Waals surface area contributed by atoms with Crippen LogP contribution in [0.1, 0.15) is 42.7 Å². The quantitative estimate of drug-likeness (QED) is 0.727. The predicted molar refractivity (Wildman–Crippen MR) is 71.6 cm³/mol. The molecule has 4 N–H and O–H groups in total. The molecule has 5 nitrogen and oxygen atoms in total. The van der Waals surface area contributed by atoms with Gasteiger partial charge in [0.05, 0.1) is 5.54 Å². The van der Waals surface area contributed by atoms with Crippen LogP contribution in [0.4, 0.5) is 0 Å². The van der Waals surface area contributed by atoms with Gasteiger partial charge in [-0.1, -0.05) is 13.8 Å². The van der Waals surface area contributed by atoms with E-state index in [0.29, 0.717) is 6.54 Å². The van der Waals surface area contributed by atoms with Crippen LogP contribution in [0.15, 0.2) is 17.1 Å². The van der Waals surface area contributed by atoms with Crippen LogP contribution in [0, 0.1) is 6.92 Å². The summed E-state index contributed by atoms with van der Waals surface area (Å²) in [4.78, 5) is 26.7. The number of hydrogen-bond acceptors (Lipinski definition) is 3. The van der Waals surface area contributed by atoms with Crippen LogP contribution in [-0.4, -0.2) is 23.0 Å². The lowest BCUT2D eigenvalue weighted by atomic mass is 9.92. The Morgan fingerprint density at radius 3 is 2.50 bits per heavy atom. The second-order valence-corrected chi connectivity index (χ2v) is 4.54. The van der Waals surface area contributed by atoms with Gasteiger partial charge in [0, 0.05) is 24.5 Å². The molecule has 0 saturated heterocycles. The number of carbonyl (C=O) groups is 1. The SMILES string of the molecule is CCC(CC)(CN)NC(=O)c1c[nH]c(C)cc1=O. The Bertz CT molecular complexity index is 467. The molecule has 0 saturated carbocycles. The number of hydrogen-bond donors (Lipinski definition) is 3. The van der Waals surface area contributed by atoms with Gasteiger partial charge < -0.3 is 16.0 Å². The van der Waals surface area contributed by atoms with Gasteiger partial charge in [-0.15, -0.1) is 0 Å². The zero-order valence-corrected chi connectivity index (χ0v) is 11.2. The molecule has 1 rings (SSSR count). The van der Waals surface area contributed by atoms with Crippen LogP contribution in [-0.2, 0) is 0 Å². The molecule has 100 valence electrons. The molecule has 0 radical (unpaired) electrons. The minimum absolute atomic E-state index is 0.125. The molecule has 0 aromatic carbocycles. The van der Waals surface area contributed by atoms with Crippen LogP contribution in [0.3, 0.4) is 0 Å². The summed E-state index contributed by atoms with van der Waals surface area (Å²) in [6.45, 7) is 6.06. The number of aromatic nitrogens is 1. The minimum atomic E-state index is -0.436. The van der Waals surface area contributed by atoms with Gasteiger partial charge in [-0.3, -0.25) is 9.59 Å². The van der Waals surface area contributed by atoms with Crippen LogP contribution in [0.2, 0.25) is 0 Å². The molecule has 1 amide bonds. The number of amides is 1. The Balaban J connectivity index is 2.98. The molecule has 0 spiro atoms. The van der Waals surface area contributed by atoms with Gasteiger partial charge >= 0.3 is 0 Å². The molecule has 0 fully saturated rings. The van der Waals surface area contributed by atoms with Crippen molar-refractivity contribution in [2.75, 3.05) is 6.54 Å². The Morgan fingerprint density at radius 2 is 2.06 bits per heavy atom. The Morgan fingerprint density at radius 1 is 1.44 bits per heavy atom. The smallest absolute Gasteiger partial charge is 0.257 e. The molecule has 1 heterocycles. The number of H-pyrrole nitrogens is 1. The van der Waals surface area contributed by atoms with Crippen LogP contribution < -0.4 is 16.5 Å². The van der Waals surface area contributed by atoms with Crippen molar-refractivity contribution in [2.24, 2.45) is 5.73 Å². The molecule has 0 aliphatic heterocycles. The first-order valence-corrected chi connectivity index (χ1v) is 6.20. The van der Waals surface area contributed by atoms with E-state index in [-0.39, 0.29) is 16.9 Å². The summed E-state index contributed by atoms with van der Waals surface area (Å²) < 4.78 is 0. The molecular formula is C13H21N3O2. The van der Waals surface area contributed by atoms with Crippen LogP contribution in [0.25, 0.3) is 0 Å². The largest absolute Gasteiger partial charge is 0.364 e. The molecule has 0 atom stereocenters. The lowest BCUT2D eigenvalue weighted by molar-refractivity contribution is 0.0894. The Kier molecular flexibility index (Phi) is 4.67. The highest BCUT2D eigenvalue weighted by molar-refractivity contribution is 5.94. The Hall–Kier alpha value is -1.62. The van der Waals surface area contributed by atoms with E-state index in [1.54, 1.807) is 6.92 Å². The van der Waals surface area contributed by atoms with E-state index >= 15 is 0 Å². The van der Waals surface area contributed by atoms with Gasteiger partial charge in [-0.2, -0.15) is 0 Å². The molecule has 1 aromatic rings. The van der Waals surface area contributed by atoms with Crippen molar-refractivity contribution in [3.8, 4) is 0 Å². The third-order valence-electron chi connectivity index (χ3n) is 3.42. The third kappa shape index (κ3) is 2.98. The molecule has 1 aromatic heterocycles. The highest BCUT2D eigenvalue weighted by atomic mass is 16.2. The lowest BCUT2D eigenvalue weighted by Crippen LogP contribution is -2.53. The maximum atomic E-state index is 12.1. The minimum Gasteiger partial charge on any atom is -0.364 e.